The number of thiophene rings is 1. The Balaban J connectivity index is 1.99. The van der Waals surface area contributed by atoms with E-state index in [9.17, 15) is 0 Å². The first-order chi connectivity index (χ1) is 8.79. The van der Waals surface area contributed by atoms with Gasteiger partial charge in [-0.2, -0.15) is 0 Å². The van der Waals surface area contributed by atoms with Crippen molar-refractivity contribution in [3.63, 3.8) is 0 Å². The molecule has 96 valence electrons. The van der Waals surface area contributed by atoms with Gasteiger partial charge in [0.25, 0.3) is 0 Å². The van der Waals surface area contributed by atoms with Crippen LogP contribution in [-0.4, -0.2) is 6.61 Å². The normalized spacial score (nSPS) is 10.3. The second-order valence-electron chi connectivity index (χ2n) is 3.90. The van der Waals surface area contributed by atoms with Gasteiger partial charge in [0, 0.05) is 11.4 Å². The summed E-state index contributed by atoms with van der Waals surface area (Å²) < 4.78 is 6.87. The average Bonchev–Trinajstić information content (AvgIpc) is 2.81. The van der Waals surface area contributed by atoms with Crippen LogP contribution in [0.2, 0.25) is 0 Å². The van der Waals surface area contributed by atoms with Gasteiger partial charge in [0.15, 0.2) is 0 Å². The van der Waals surface area contributed by atoms with Crippen LogP contribution in [0.15, 0.2) is 40.2 Å². The van der Waals surface area contributed by atoms with Gasteiger partial charge in [-0.25, -0.2) is 0 Å². The molecule has 1 aromatic heterocycles. The smallest absolute Gasteiger partial charge is 0.142 e. The van der Waals surface area contributed by atoms with Gasteiger partial charge in [-0.05, 0) is 46.6 Å². The van der Waals surface area contributed by atoms with Crippen LogP contribution < -0.4 is 10.1 Å². The second-order valence-corrected chi connectivity index (χ2v) is 6.45. The van der Waals surface area contributed by atoms with E-state index in [1.807, 2.05) is 24.3 Å². The molecule has 0 aliphatic heterocycles. The highest BCUT2D eigenvalue weighted by atomic mass is 79.9. The predicted molar refractivity (Wildman–Crippen MR) is 81.6 cm³/mol. The number of anilines is 1. The zero-order chi connectivity index (χ0) is 12.8. The molecule has 1 heterocycles. The molecule has 0 bridgehead atoms. The highest BCUT2D eigenvalue weighted by molar-refractivity contribution is 9.11. The van der Waals surface area contributed by atoms with Crippen LogP contribution in [0, 0.1) is 0 Å². The van der Waals surface area contributed by atoms with Crippen LogP contribution in [0.5, 0.6) is 5.75 Å². The Bertz CT molecular complexity index is 498. The third kappa shape index (κ3) is 3.75. The summed E-state index contributed by atoms with van der Waals surface area (Å²) in [6.07, 6.45) is 1.02. The summed E-state index contributed by atoms with van der Waals surface area (Å²) in [6.45, 7) is 3.69. The Labute approximate surface area is 120 Å². The summed E-state index contributed by atoms with van der Waals surface area (Å²) in [6, 6.07) is 12.3. The molecule has 0 amide bonds. The minimum Gasteiger partial charge on any atom is -0.491 e. The van der Waals surface area contributed by atoms with Gasteiger partial charge in [0.1, 0.15) is 5.75 Å². The third-order valence-electron chi connectivity index (χ3n) is 2.43. The minimum absolute atomic E-state index is 0.753. The van der Waals surface area contributed by atoms with Crippen molar-refractivity contribution >= 4 is 33.0 Å². The Morgan fingerprint density at radius 3 is 2.78 bits per heavy atom. The topological polar surface area (TPSA) is 21.3 Å². The molecule has 0 saturated carbocycles. The molecule has 0 spiro atoms. The SMILES string of the molecule is CCCOc1ccccc1NCc1ccc(Br)s1. The monoisotopic (exact) mass is 325 g/mol. The molecule has 4 heteroatoms. The minimum atomic E-state index is 0.753. The molecule has 2 aromatic rings. The predicted octanol–water partition coefficient (Wildman–Crippen LogP) is 4.91. The van der Waals surface area contributed by atoms with Gasteiger partial charge in [-0.3, -0.25) is 0 Å². The summed E-state index contributed by atoms with van der Waals surface area (Å²) in [5.74, 6) is 0.926. The molecular weight excluding hydrogens is 310 g/mol. The number of hydrogen-bond acceptors (Lipinski definition) is 3. The molecule has 2 nitrogen and oxygen atoms in total. The van der Waals surface area contributed by atoms with Crippen molar-refractivity contribution in [2.24, 2.45) is 0 Å². The van der Waals surface area contributed by atoms with Gasteiger partial charge in [0.05, 0.1) is 16.1 Å². The van der Waals surface area contributed by atoms with Crippen molar-refractivity contribution in [3.8, 4) is 5.75 Å². The number of nitrogens with one attached hydrogen (secondary N) is 1. The quantitative estimate of drug-likeness (QED) is 0.814. The summed E-state index contributed by atoms with van der Waals surface area (Å²) in [5, 5.41) is 3.42. The maximum Gasteiger partial charge on any atom is 0.142 e. The molecule has 2 rings (SSSR count). The van der Waals surface area contributed by atoms with E-state index in [-0.39, 0.29) is 0 Å². The van der Waals surface area contributed by atoms with E-state index in [1.54, 1.807) is 11.3 Å². The zero-order valence-corrected chi connectivity index (χ0v) is 12.7. The number of benzene rings is 1. The number of para-hydroxylation sites is 2. The summed E-state index contributed by atoms with van der Waals surface area (Å²) in [4.78, 5) is 1.30. The fraction of sp³-hybridized carbons (Fsp3) is 0.286. The van der Waals surface area contributed by atoms with Gasteiger partial charge >= 0.3 is 0 Å². The van der Waals surface area contributed by atoms with Gasteiger partial charge < -0.3 is 10.1 Å². The molecule has 0 atom stereocenters. The Morgan fingerprint density at radius 1 is 1.22 bits per heavy atom. The molecule has 0 saturated heterocycles. The van der Waals surface area contributed by atoms with Crippen molar-refractivity contribution in [2.75, 3.05) is 11.9 Å². The van der Waals surface area contributed by atoms with Crippen LogP contribution in [0.4, 0.5) is 5.69 Å². The molecule has 0 fully saturated rings. The van der Waals surface area contributed by atoms with Crippen molar-refractivity contribution in [1.29, 1.82) is 0 Å². The lowest BCUT2D eigenvalue weighted by molar-refractivity contribution is 0.319. The van der Waals surface area contributed by atoms with Crippen LogP contribution in [0.1, 0.15) is 18.2 Å². The fourth-order valence-corrected chi connectivity index (χ4v) is 3.00. The summed E-state index contributed by atoms with van der Waals surface area (Å²) in [7, 11) is 0. The van der Waals surface area contributed by atoms with Crippen LogP contribution >= 0.6 is 27.3 Å². The molecule has 0 aliphatic carbocycles. The number of rotatable bonds is 6. The van der Waals surface area contributed by atoms with Gasteiger partial charge in [-0.1, -0.05) is 19.1 Å². The first-order valence-corrected chi connectivity index (χ1v) is 7.60. The van der Waals surface area contributed by atoms with Gasteiger partial charge in [-0.15, -0.1) is 11.3 Å². The molecule has 18 heavy (non-hydrogen) atoms. The Hall–Kier alpha value is -1.000. The largest absolute Gasteiger partial charge is 0.491 e. The lowest BCUT2D eigenvalue weighted by Gasteiger charge is -2.12. The first-order valence-electron chi connectivity index (χ1n) is 5.99. The highest BCUT2D eigenvalue weighted by Gasteiger charge is 2.03. The molecule has 0 radical (unpaired) electrons. The number of hydrogen-bond donors (Lipinski definition) is 1. The number of halogens is 1. The Kier molecular flexibility index (Phi) is 5.08. The van der Waals surface area contributed by atoms with E-state index in [0.717, 1.165) is 34.8 Å². The molecule has 1 aromatic carbocycles. The van der Waals surface area contributed by atoms with Crippen LogP contribution in [-0.2, 0) is 6.54 Å². The van der Waals surface area contributed by atoms with E-state index < -0.39 is 0 Å². The van der Waals surface area contributed by atoms with E-state index in [1.165, 1.54) is 4.88 Å². The summed E-state index contributed by atoms with van der Waals surface area (Å²) >= 11 is 5.22. The Morgan fingerprint density at radius 2 is 2.06 bits per heavy atom. The van der Waals surface area contributed by atoms with Crippen molar-refractivity contribution in [1.82, 2.24) is 0 Å². The van der Waals surface area contributed by atoms with Crippen LogP contribution in [0.3, 0.4) is 0 Å². The van der Waals surface area contributed by atoms with E-state index in [2.05, 4.69) is 40.3 Å². The van der Waals surface area contributed by atoms with Crippen molar-refractivity contribution in [3.05, 3.63) is 45.1 Å². The lowest BCUT2D eigenvalue weighted by atomic mass is 10.3. The highest BCUT2D eigenvalue weighted by Crippen LogP contribution is 2.27. The maximum atomic E-state index is 5.71. The summed E-state index contributed by atoms with van der Waals surface area (Å²) in [5.41, 5.74) is 1.05. The fourth-order valence-electron chi connectivity index (χ4n) is 1.58. The molecule has 0 aliphatic rings. The van der Waals surface area contributed by atoms with Crippen molar-refractivity contribution in [2.45, 2.75) is 19.9 Å². The zero-order valence-electron chi connectivity index (χ0n) is 10.3. The van der Waals surface area contributed by atoms with Crippen molar-refractivity contribution < 1.29 is 4.74 Å². The lowest BCUT2D eigenvalue weighted by Crippen LogP contribution is -2.02. The maximum absolute atomic E-state index is 5.71. The van der Waals surface area contributed by atoms with Gasteiger partial charge in [0.2, 0.25) is 0 Å². The second kappa shape index (κ2) is 6.81. The first kappa shape index (κ1) is 13.4. The van der Waals surface area contributed by atoms with E-state index in [0.29, 0.717) is 0 Å². The van der Waals surface area contributed by atoms with E-state index >= 15 is 0 Å². The third-order valence-corrected chi connectivity index (χ3v) is 4.05. The standard InChI is InChI=1S/C14H16BrNOS/c1-2-9-17-13-6-4-3-5-12(13)16-10-11-7-8-14(15)18-11/h3-8,16H,2,9-10H2,1H3. The molecule has 1 N–H and O–H groups in total. The molecule has 0 unspecified atom stereocenters. The van der Waals surface area contributed by atoms with Crippen LogP contribution in [0.25, 0.3) is 0 Å². The average molecular weight is 326 g/mol. The number of ether oxygens (including phenoxy) is 1. The van der Waals surface area contributed by atoms with E-state index in [4.69, 9.17) is 4.74 Å². The molecular formula is C14H16BrNOS.